The Hall–Kier alpha value is -2.47. The quantitative estimate of drug-likeness (QED) is 0.738. The molecule has 1 unspecified atom stereocenters. The van der Waals surface area contributed by atoms with Crippen LogP contribution in [0.5, 0.6) is 0 Å². The molecule has 0 aliphatic heterocycles. The fourth-order valence-corrected chi connectivity index (χ4v) is 3.20. The predicted octanol–water partition coefficient (Wildman–Crippen LogP) is 3.92. The maximum absolute atomic E-state index is 12.1. The standard InChI is InChI=1S/C18H19N3O2S/c1-12-6-3-4-7-14(12)13(2)19-16(22)9-10-17-20-18(21-23-17)15-8-5-11-24-15/h3-8,11,13H,9-10H2,1-2H3,(H,19,22). The first kappa shape index (κ1) is 16.4. The number of rotatable bonds is 6. The average molecular weight is 341 g/mol. The molecule has 3 aromatic rings. The summed E-state index contributed by atoms with van der Waals surface area (Å²) in [7, 11) is 0. The van der Waals surface area contributed by atoms with Crippen molar-refractivity contribution in [3.05, 3.63) is 58.8 Å². The molecule has 2 heterocycles. The third-order valence-electron chi connectivity index (χ3n) is 3.81. The highest BCUT2D eigenvalue weighted by Gasteiger charge is 2.14. The minimum absolute atomic E-state index is 0.0249. The second-order valence-corrected chi connectivity index (χ2v) is 6.58. The maximum Gasteiger partial charge on any atom is 0.227 e. The Balaban J connectivity index is 1.53. The van der Waals surface area contributed by atoms with E-state index in [2.05, 4.69) is 15.5 Å². The lowest BCUT2D eigenvalue weighted by Crippen LogP contribution is -2.27. The highest BCUT2D eigenvalue weighted by atomic mass is 32.1. The van der Waals surface area contributed by atoms with Gasteiger partial charge in [-0.15, -0.1) is 11.3 Å². The van der Waals surface area contributed by atoms with Gasteiger partial charge in [0.1, 0.15) is 0 Å². The summed E-state index contributed by atoms with van der Waals surface area (Å²) in [4.78, 5) is 17.4. The van der Waals surface area contributed by atoms with E-state index in [0.717, 1.165) is 10.4 Å². The number of carbonyl (C=O) groups excluding carboxylic acids is 1. The van der Waals surface area contributed by atoms with Crippen molar-refractivity contribution in [2.75, 3.05) is 0 Å². The van der Waals surface area contributed by atoms with E-state index in [1.807, 2.05) is 55.6 Å². The normalized spacial score (nSPS) is 12.1. The molecular weight excluding hydrogens is 322 g/mol. The molecular formula is C18H19N3O2S. The van der Waals surface area contributed by atoms with E-state index in [4.69, 9.17) is 4.52 Å². The smallest absolute Gasteiger partial charge is 0.227 e. The first-order valence-electron chi connectivity index (χ1n) is 7.85. The Labute approximate surface area is 144 Å². The highest BCUT2D eigenvalue weighted by Crippen LogP contribution is 2.21. The van der Waals surface area contributed by atoms with Crippen LogP contribution in [0, 0.1) is 6.92 Å². The van der Waals surface area contributed by atoms with E-state index in [1.165, 1.54) is 5.56 Å². The second-order valence-electron chi connectivity index (χ2n) is 5.63. The highest BCUT2D eigenvalue weighted by molar-refractivity contribution is 7.13. The van der Waals surface area contributed by atoms with Crippen molar-refractivity contribution in [1.29, 1.82) is 0 Å². The number of hydrogen-bond acceptors (Lipinski definition) is 5. The molecule has 0 spiro atoms. The van der Waals surface area contributed by atoms with Gasteiger partial charge in [-0.05, 0) is 36.4 Å². The third-order valence-corrected chi connectivity index (χ3v) is 4.67. The number of amides is 1. The molecule has 0 aliphatic carbocycles. The van der Waals surface area contributed by atoms with Gasteiger partial charge < -0.3 is 9.84 Å². The van der Waals surface area contributed by atoms with Gasteiger partial charge in [-0.3, -0.25) is 4.79 Å². The van der Waals surface area contributed by atoms with E-state index in [-0.39, 0.29) is 11.9 Å². The van der Waals surface area contributed by atoms with E-state index in [1.54, 1.807) is 11.3 Å². The molecule has 6 heteroatoms. The van der Waals surface area contributed by atoms with Gasteiger partial charge in [0, 0.05) is 12.8 Å². The number of carbonyl (C=O) groups is 1. The molecule has 0 saturated heterocycles. The van der Waals surface area contributed by atoms with Crippen LogP contribution in [0.3, 0.4) is 0 Å². The van der Waals surface area contributed by atoms with Gasteiger partial charge in [-0.2, -0.15) is 4.98 Å². The summed E-state index contributed by atoms with van der Waals surface area (Å²) in [5.74, 6) is 1.03. The number of nitrogens with zero attached hydrogens (tertiary/aromatic N) is 2. The van der Waals surface area contributed by atoms with Crippen molar-refractivity contribution in [1.82, 2.24) is 15.5 Å². The van der Waals surface area contributed by atoms with E-state index >= 15 is 0 Å². The Morgan fingerprint density at radius 3 is 2.88 bits per heavy atom. The van der Waals surface area contributed by atoms with Crippen LogP contribution in [0.1, 0.15) is 36.4 Å². The van der Waals surface area contributed by atoms with Crippen LogP contribution >= 0.6 is 11.3 Å². The second kappa shape index (κ2) is 7.40. The number of aromatic nitrogens is 2. The molecule has 1 amide bonds. The van der Waals surface area contributed by atoms with Crippen LogP contribution in [0.2, 0.25) is 0 Å². The molecule has 124 valence electrons. The summed E-state index contributed by atoms with van der Waals surface area (Å²) in [6.45, 7) is 4.03. The number of hydrogen-bond donors (Lipinski definition) is 1. The summed E-state index contributed by atoms with van der Waals surface area (Å²) in [5.41, 5.74) is 2.30. The molecule has 1 aromatic carbocycles. The summed E-state index contributed by atoms with van der Waals surface area (Å²) in [5, 5.41) is 8.93. The van der Waals surface area contributed by atoms with Crippen molar-refractivity contribution >= 4 is 17.2 Å². The molecule has 0 aliphatic rings. The topological polar surface area (TPSA) is 68.0 Å². The summed E-state index contributed by atoms with van der Waals surface area (Å²) in [6, 6.07) is 11.9. The molecule has 0 radical (unpaired) electrons. The first-order chi connectivity index (χ1) is 11.6. The van der Waals surface area contributed by atoms with Crippen molar-refractivity contribution in [3.63, 3.8) is 0 Å². The van der Waals surface area contributed by atoms with Gasteiger partial charge in [-0.1, -0.05) is 35.5 Å². The molecule has 24 heavy (non-hydrogen) atoms. The van der Waals surface area contributed by atoms with Crippen molar-refractivity contribution in [2.45, 2.75) is 32.7 Å². The van der Waals surface area contributed by atoms with Gasteiger partial charge in [0.25, 0.3) is 0 Å². The van der Waals surface area contributed by atoms with Crippen LogP contribution < -0.4 is 5.32 Å². The Morgan fingerprint density at radius 2 is 2.12 bits per heavy atom. The number of aryl methyl sites for hydroxylation is 2. The SMILES string of the molecule is Cc1ccccc1C(C)NC(=O)CCc1nc(-c2cccs2)no1. The minimum atomic E-state index is -0.0263. The fraction of sp³-hybridized carbons (Fsp3) is 0.278. The van der Waals surface area contributed by atoms with Crippen molar-refractivity contribution < 1.29 is 9.32 Å². The van der Waals surface area contributed by atoms with E-state index < -0.39 is 0 Å². The van der Waals surface area contributed by atoms with Gasteiger partial charge in [-0.25, -0.2) is 0 Å². The van der Waals surface area contributed by atoms with E-state index in [0.29, 0.717) is 24.6 Å². The van der Waals surface area contributed by atoms with Crippen LogP contribution in [0.4, 0.5) is 0 Å². The third kappa shape index (κ3) is 3.89. The number of benzene rings is 1. The van der Waals surface area contributed by atoms with Crippen LogP contribution in [-0.4, -0.2) is 16.0 Å². The first-order valence-corrected chi connectivity index (χ1v) is 8.73. The molecule has 1 N–H and O–H groups in total. The monoisotopic (exact) mass is 341 g/mol. The fourth-order valence-electron chi connectivity index (χ4n) is 2.55. The number of nitrogens with one attached hydrogen (secondary N) is 1. The number of thiophene rings is 1. The lowest BCUT2D eigenvalue weighted by molar-refractivity contribution is -0.121. The summed E-state index contributed by atoms with van der Waals surface area (Å²) >= 11 is 1.56. The molecule has 0 saturated carbocycles. The van der Waals surface area contributed by atoms with E-state index in [9.17, 15) is 4.79 Å². The Morgan fingerprint density at radius 1 is 1.29 bits per heavy atom. The summed E-state index contributed by atoms with van der Waals surface area (Å²) in [6.07, 6.45) is 0.757. The van der Waals surface area contributed by atoms with Gasteiger partial charge >= 0.3 is 0 Å². The largest absolute Gasteiger partial charge is 0.350 e. The molecule has 1 atom stereocenters. The molecule has 5 nitrogen and oxygen atoms in total. The lowest BCUT2D eigenvalue weighted by Gasteiger charge is -2.16. The zero-order valence-corrected chi connectivity index (χ0v) is 14.5. The van der Waals surface area contributed by atoms with Crippen molar-refractivity contribution in [2.24, 2.45) is 0 Å². The molecule has 3 rings (SSSR count). The maximum atomic E-state index is 12.1. The van der Waals surface area contributed by atoms with Crippen LogP contribution in [0.15, 0.2) is 46.3 Å². The average Bonchev–Trinajstić information content (AvgIpc) is 3.24. The lowest BCUT2D eigenvalue weighted by atomic mass is 10.0. The Bertz CT molecular complexity index is 811. The van der Waals surface area contributed by atoms with Crippen molar-refractivity contribution in [3.8, 4) is 10.7 Å². The van der Waals surface area contributed by atoms with Crippen LogP contribution in [-0.2, 0) is 11.2 Å². The van der Waals surface area contributed by atoms with Gasteiger partial charge in [0.15, 0.2) is 0 Å². The zero-order valence-electron chi connectivity index (χ0n) is 13.7. The Kier molecular flexibility index (Phi) is 5.05. The predicted molar refractivity (Wildman–Crippen MR) is 93.7 cm³/mol. The van der Waals surface area contributed by atoms with Gasteiger partial charge in [0.2, 0.25) is 17.6 Å². The van der Waals surface area contributed by atoms with Crippen LogP contribution in [0.25, 0.3) is 10.7 Å². The van der Waals surface area contributed by atoms with Gasteiger partial charge in [0.05, 0.1) is 10.9 Å². The minimum Gasteiger partial charge on any atom is -0.350 e. The molecule has 0 fully saturated rings. The zero-order chi connectivity index (χ0) is 16.9. The molecule has 2 aromatic heterocycles. The summed E-state index contributed by atoms with van der Waals surface area (Å²) < 4.78 is 5.21. The molecule has 0 bridgehead atoms.